The van der Waals surface area contributed by atoms with Crippen molar-refractivity contribution >= 4 is 41.1 Å². The summed E-state index contributed by atoms with van der Waals surface area (Å²) in [6, 6.07) is 11.0. The number of thioether (sulfide) groups is 2. The molecule has 0 atom stereocenters. The summed E-state index contributed by atoms with van der Waals surface area (Å²) >= 11 is 2.70. The third-order valence-electron chi connectivity index (χ3n) is 3.51. The molecular formula is C19H19N3O3S2. The Hall–Kier alpha value is -2.50. The van der Waals surface area contributed by atoms with E-state index in [0.29, 0.717) is 10.7 Å². The normalized spacial score (nSPS) is 10.1. The predicted octanol–water partition coefficient (Wildman–Crippen LogP) is 3.89. The number of hydrogen-bond donors (Lipinski definition) is 1. The number of amides is 1. The monoisotopic (exact) mass is 401 g/mol. The van der Waals surface area contributed by atoms with E-state index in [2.05, 4.69) is 10.3 Å². The lowest BCUT2D eigenvalue weighted by atomic mass is 10.1. The van der Waals surface area contributed by atoms with Crippen LogP contribution in [0.2, 0.25) is 0 Å². The Morgan fingerprint density at radius 2 is 2.07 bits per heavy atom. The lowest BCUT2D eigenvalue weighted by Gasteiger charge is -2.10. The van der Waals surface area contributed by atoms with Gasteiger partial charge in [-0.15, -0.1) is 11.8 Å². The van der Waals surface area contributed by atoms with Crippen LogP contribution in [0, 0.1) is 18.3 Å². The van der Waals surface area contributed by atoms with Gasteiger partial charge in [0.05, 0.1) is 34.9 Å². The van der Waals surface area contributed by atoms with Crippen LogP contribution in [-0.2, 0) is 9.53 Å². The fourth-order valence-electron chi connectivity index (χ4n) is 2.26. The minimum absolute atomic E-state index is 0.0998. The van der Waals surface area contributed by atoms with E-state index in [1.165, 1.54) is 6.07 Å². The van der Waals surface area contributed by atoms with Crippen molar-refractivity contribution < 1.29 is 14.3 Å². The van der Waals surface area contributed by atoms with E-state index in [4.69, 9.17) is 4.74 Å². The van der Waals surface area contributed by atoms with Crippen LogP contribution in [-0.4, -0.2) is 35.5 Å². The second-order valence-corrected chi connectivity index (χ2v) is 7.16. The number of nitrogens with one attached hydrogen (secondary N) is 1. The molecule has 0 saturated carbocycles. The molecule has 0 radical (unpaired) electrons. The number of pyridine rings is 1. The highest BCUT2D eigenvalue weighted by Gasteiger charge is 2.17. The standard InChI is InChI=1S/C19H19N3O3S2/c1-4-25-19(24)14-9-13(10-20)18(21-12(14)2)27-11-17(23)22-15-7-5-6-8-16(15)26-3/h5-9H,4,11H2,1-3H3,(H,22,23). The van der Waals surface area contributed by atoms with Crippen LogP contribution in [0.25, 0.3) is 0 Å². The molecule has 1 heterocycles. The van der Waals surface area contributed by atoms with Gasteiger partial charge in [-0.2, -0.15) is 5.26 Å². The first kappa shape index (κ1) is 20.8. The van der Waals surface area contributed by atoms with Crippen LogP contribution >= 0.6 is 23.5 Å². The summed E-state index contributed by atoms with van der Waals surface area (Å²) < 4.78 is 4.97. The van der Waals surface area contributed by atoms with Gasteiger partial charge in [-0.05, 0) is 38.3 Å². The molecule has 1 N–H and O–H groups in total. The second kappa shape index (κ2) is 10.00. The Labute approximate surface area is 166 Å². The van der Waals surface area contributed by atoms with Crippen molar-refractivity contribution in [2.24, 2.45) is 0 Å². The molecule has 0 fully saturated rings. The molecule has 1 amide bonds. The maximum Gasteiger partial charge on any atom is 0.340 e. The number of benzene rings is 1. The van der Waals surface area contributed by atoms with Crippen LogP contribution in [0.15, 0.2) is 40.3 Å². The third-order valence-corrected chi connectivity index (χ3v) is 5.30. The molecule has 0 aliphatic rings. The van der Waals surface area contributed by atoms with Gasteiger partial charge in [0.2, 0.25) is 5.91 Å². The smallest absolute Gasteiger partial charge is 0.340 e. The summed E-state index contributed by atoms with van der Waals surface area (Å²) in [7, 11) is 0. The number of hydrogen-bond acceptors (Lipinski definition) is 7. The lowest BCUT2D eigenvalue weighted by molar-refractivity contribution is -0.113. The number of rotatable bonds is 7. The van der Waals surface area contributed by atoms with Gasteiger partial charge in [-0.25, -0.2) is 9.78 Å². The Balaban J connectivity index is 2.11. The molecule has 140 valence electrons. The second-order valence-electron chi connectivity index (χ2n) is 5.34. The number of nitrogens with zero attached hydrogens (tertiary/aromatic N) is 2. The number of carbonyl (C=O) groups excluding carboxylic acids is 2. The molecule has 0 bridgehead atoms. The van der Waals surface area contributed by atoms with Gasteiger partial charge < -0.3 is 10.1 Å². The average molecular weight is 402 g/mol. The van der Waals surface area contributed by atoms with E-state index >= 15 is 0 Å². The molecule has 6 nitrogen and oxygen atoms in total. The summed E-state index contributed by atoms with van der Waals surface area (Å²) in [5.41, 5.74) is 1.71. The molecule has 0 aliphatic carbocycles. The van der Waals surface area contributed by atoms with Crippen molar-refractivity contribution in [3.05, 3.63) is 47.2 Å². The van der Waals surface area contributed by atoms with Gasteiger partial charge in [0, 0.05) is 4.90 Å². The molecule has 0 saturated heterocycles. The number of nitriles is 1. The zero-order valence-corrected chi connectivity index (χ0v) is 16.9. The van der Waals surface area contributed by atoms with E-state index < -0.39 is 5.97 Å². The van der Waals surface area contributed by atoms with E-state index in [0.717, 1.165) is 22.3 Å². The van der Waals surface area contributed by atoms with Crippen molar-refractivity contribution in [2.75, 3.05) is 23.9 Å². The molecule has 0 unspecified atom stereocenters. The largest absolute Gasteiger partial charge is 0.462 e. The van der Waals surface area contributed by atoms with Crippen molar-refractivity contribution in [3.8, 4) is 6.07 Å². The van der Waals surface area contributed by atoms with E-state index in [-0.39, 0.29) is 29.4 Å². The molecule has 0 aliphatic heterocycles. The van der Waals surface area contributed by atoms with Crippen molar-refractivity contribution in [1.82, 2.24) is 4.98 Å². The number of aromatic nitrogens is 1. The van der Waals surface area contributed by atoms with Crippen molar-refractivity contribution in [2.45, 2.75) is 23.8 Å². The summed E-state index contributed by atoms with van der Waals surface area (Å²) in [6.45, 7) is 3.63. The number of ether oxygens (including phenoxy) is 1. The fourth-order valence-corrected chi connectivity index (χ4v) is 3.61. The van der Waals surface area contributed by atoms with Gasteiger partial charge in [0.1, 0.15) is 11.1 Å². The average Bonchev–Trinajstić information content (AvgIpc) is 2.67. The van der Waals surface area contributed by atoms with Gasteiger partial charge >= 0.3 is 5.97 Å². The number of anilines is 1. The number of para-hydroxylation sites is 1. The van der Waals surface area contributed by atoms with Crippen LogP contribution in [0.5, 0.6) is 0 Å². The zero-order chi connectivity index (χ0) is 19.8. The Kier molecular flexibility index (Phi) is 7.70. The van der Waals surface area contributed by atoms with Gasteiger partial charge in [0.25, 0.3) is 0 Å². The van der Waals surface area contributed by atoms with Crippen molar-refractivity contribution in [1.29, 1.82) is 5.26 Å². The van der Waals surface area contributed by atoms with Gasteiger partial charge in [-0.3, -0.25) is 4.79 Å². The molecule has 8 heteroatoms. The molecule has 27 heavy (non-hydrogen) atoms. The van der Waals surface area contributed by atoms with E-state index in [9.17, 15) is 14.9 Å². The molecule has 2 aromatic rings. The number of esters is 1. The van der Waals surface area contributed by atoms with Crippen LogP contribution in [0.3, 0.4) is 0 Å². The summed E-state index contributed by atoms with van der Waals surface area (Å²) in [6.07, 6.45) is 1.94. The maximum atomic E-state index is 12.3. The summed E-state index contributed by atoms with van der Waals surface area (Å²) in [5, 5.41) is 12.6. The Morgan fingerprint density at radius 3 is 2.74 bits per heavy atom. The molecule has 0 spiro atoms. The Morgan fingerprint density at radius 1 is 1.33 bits per heavy atom. The zero-order valence-electron chi connectivity index (χ0n) is 15.2. The lowest BCUT2D eigenvalue weighted by Crippen LogP contribution is -2.15. The predicted molar refractivity (Wildman–Crippen MR) is 107 cm³/mol. The molecular weight excluding hydrogens is 382 g/mol. The highest BCUT2D eigenvalue weighted by molar-refractivity contribution is 8.00. The minimum atomic E-state index is -0.512. The van der Waals surface area contributed by atoms with Crippen molar-refractivity contribution in [3.63, 3.8) is 0 Å². The fraction of sp³-hybridized carbons (Fsp3) is 0.263. The summed E-state index contributed by atoms with van der Waals surface area (Å²) in [5.74, 6) is -0.607. The minimum Gasteiger partial charge on any atom is -0.462 e. The molecule has 1 aromatic carbocycles. The number of carbonyl (C=O) groups is 2. The van der Waals surface area contributed by atoms with E-state index in [1.807, 2.05) is 36.6 Å². The molecule has 1 aromatic heterocycles. The first-order valence-electron chi connectivity index (χ1n) is 8.14. The highest BCUT2D eigenvalue weighted by Crippen LogP contribution is 2.26. The highest BCUT2D eigenvalue weighted by atomic mass is 32.2. The van der Waals surface area contributed by atoms with Gasteiger partial charge in [0.15, 0.2) is 0 Å². The van der Waals surface area contributed by atoms with Crippen LogP contribution in [0.1, 0.15) is 28.5 Å². The van der Waals surface area contributed by atoms with E-state index in [1.54, 1.807) is 25.6 Å². The van der Waals surface area contributed by atoms with Crippen LogP contribution < -0.4 is 5.32 Å². The summed E-state index contributed by atoms with van der Waals surface area (Å²) in [4.78, 5) is 29.5. The van der Waals surface area contributed by atoms with Gasteiger partial charge in [-0.1, -0.05) is 23.9 Å². The third kappa shape index (κ3) is 5.49. The first-order valence-corrected chi connectivity index (χ1v) is 10.4. The quantitative estimate of drug-likeness (QED) is 0.556. The van der Waals surface area contributed by atoms with Crippen LogP contribution in [0.4, 0.5) is 5.69 Å². The molecule has 2 rings (SSSR count). The number of aryl methyl sites for hydroxylation is 1. The SMILES string of the molecule is CCOC(=O)c1cc(C#N)c(SCC(=O)Nc2ccccc2SC)nc1C. The topological polar surface area (TPSA) is 92.1 Å². The first-order chi connectivity index (χ1) is 13.0. The Bertz CT molecular complexity index is 894. The maximum absolute atomic E-state index is 12.3.